The number of aromatic nitrogens is 1. The lowest BCUT2D eigenvalue weighted by Gasteiger charge is -2.42. The Morgan fingerprint density at radius 3 is 2.72 bits per heavy atom. The van der Waals surface area contributed by atoms with Crippen LogP contribution in [0.15, 0.2) is 12.3 Å². The van der Waals surface area contributed by atoms with Gasteiger partial charge in [0.2, 0.25) is 0 Å². The van der Waals surface area contributed by atoms with E-state index in [1.165, 1.54) is 5.56 Å². The summed E-state index contributed by atoms with van der Waals surface area (Å²) in [6, 6.07) is 2.09. The Balaban J connectivity index is 2.21. The second-order valence-electron chi connectivity index (χ2n) is 6.54. The first-order valence-corrected chi connectivity index (χ1v) is 6.35. The van der Waals surface area contributed by atoms with Gasteiger partial charge in [-0.1, -0.05) is 0 Å². The predicted molar refractivity (Wildman–Crippen MR) is 70.4 cm³/mol. The summed E-state index contributed by atoms with van der Waals surface area (Å²) in [5.74, 6) is 0. The molecule has 2 rings (SSSR count). The third-order valence-corrected chi connectivity index (χ3v) is 3.21. The number of nitrogens with zero attached hydrogens (tertiary/aromatic N) is 1. The van der Waals surface area contributed by atoms with E-state index in [1.807, 2.05) is 27.0 Å². The van der Waals surface area contributed by atoms with Crippen molar-refractivity contribution in [1.29, 1.82) is 0 Å². The molecule has 1 aromatic rings. The molecule has 0 fully saturated rings. The fourth-order valence-corrected chi connectivity index (χ4v) is 2.31. The summed E-state index contributed by atoms with van der Waals surface area (Å²) in [4.78, 5) is 17.2. The topological polar surface area (TPSA) is 45.3 Å². The van der Waals surface area contributed by atoms with Crippen molar-refractivity contribution in [1.82, 2.24) is 9.88 Å². The van der Waals surface area contributed by atoms with Gasteiger partial charge in [-0.2, -0.15) is 0 Å². The van der Waals surface area contributed by atoms with Crippen LogP contribution in [0.5, 0.6) is 0 Å². The molecule has 0 saturated carbocycles. The van der Waals surface area contributed by atoms with E-state index in [4.69, 9.17) is 4.74 Å². The average molecular weight is 250 g/mol. The number of H-pyrrole nitrogens is 1. The maximum Gasteiger partial charge on any atom is 0.411 e. The first-order chi connectivity index (χ1) is 8.19. The van der Waals surface area contributed by atoms with Crippen LogP contribution < -0.4 is 0 Å². The van der Waals surface area contributed by atoms with Crippen molar-refractivity contribution >= 4 is 6.09 Å². The van der Waals surface area contributed by atoms with Gasteiger partial charge < -0.3 is 9.72 Å². The van der Waals surface area contributed by atoms with E-state index in [0.717, 1.165) is 12.1 Å². The number of ether oxygens (including phenoxy) is 1. The minimum absolute atomic E-state index is 0.211. The van der Waals surface area contributed by atoms with Crippen molar-refractivity contribution < 1.29 is 9.53 Å². The molecule has 1 N–H and O–H groups in total. The van der Waals surface area contributed by atoms with Crippen molar-refractivity contribution in [3.8, 4) is 0 Å². The van der Waals surface area contributed by atoms with Gasteiger partial charge in [-0.25, -0.2) is 4.79 Å². The molecule has 0 unspecified atom stereocenters. The van der Waals surface area contributed by atoms with Crippen LogP contribution in [0.2, 0.25) is 0 Å². The molecular formula is C14H22N2O2. The highest BCUT2D eigenvalue weighted by atomic mass is 16.6. The van der Waals surface area contributed by atoms with E-state index in [2.05, 4.69) is 24.9 Å². The van der Waals surface area contributed by atoms with E-state index in [9.17, 15) is 4.79 Å². The fraction of sp³-hybridized carbons (Fsp3) is 0.643. The molecule has 1 aromatic heterocycles. The quantitative estimate of drug-likeness (QED) is 0.769. The van der Waals surface area contributed by atoms with Gasteiger partial charge in [0.15, 0.2) is 0 Å². The lowest BCUT2D eigenvalue weighted by Crippen LogP contribution is -2.52. The molecule has 1 aliphatic rings. The molecule has 1 aliphatic heterocycles. The zero-order valence-electron chi connectivity index (χ0n) is 11.8. The number of amides is 1. The monoisotopic (exact) mass is 250 g/mol. The molecule has 0 atom stereocenters. The Hall–Kier alpha value is -1.45. The van der Waals surface area contributed by atoms with Gasteiger partial charge in [-0.05, 0) is 52.7 Å². The number of fused-ring (bicyclic) bond motifs is 1. The van der Waals surface area contributed by atoms with Gasteiger partial charge in [0, 0.05) is 17.4 Å². The number of carbonyl (C=O) groups is 1. The Morgan fingerprint density at radius 1 is 1.44 bits per heavy atom. The van der Waals surface area contributed by atoms with Crippen molar-refractivity contribution in [2.75, 3.05) is 0 Å². The van der Waals surface area contributed by atoms with Gasteiger partial charge in [0.1, 0.15) is 5.60 Å². The maximum absolute atomic E-state index is 12.3. The summed E-state index contributed by atoms with van der Waals surface area (Å²) in [6.07, 6.45) is 2.54. The van der Waals surface area contributed by atoms with Crippen LogP contribution in [0.25, 0.3) is 0 Å². The van der Waals surface area contributed by atoms with Crippen LogP contribution in [0.4, 0.5) is 4.79 Å². The van der Waals surface area contributed by atoms with Gasteiger partial charge in [-0.3, -0.25) is 4.90 Å². The first-order valence-electron chi connectivity index (χ1n) is 6.35. The summed E-state index contributed by atoms with van der Waals surface area (Å²) in [7, 11) is 0. The van der Waals surface area contributed by atoms with E-state index < -0.39 is 5.60 Å². The van der Waals surface area contributed by atoms with E-state index >= 15 is 0 Å². The predicted octanol–water partition coefficient (Wildman–Crippen LogP) is 3.09. The Bertz CT molecular complexity index is 455. The number of rotatable bonds is 0. The van der Waals surface area contributed by atoms with E-state index in [-0.39, 0.29) is 11.6 Å². The third kappa shape index (κ3) is 2.52. The number of nitrogens with one attached hydrogen (secondary N) is 1. The molecule has 0 aromatic carbocycles. The summed E-state index contributed by atoms with van der Waals surface area (Å²) in [5.41, 5.74) is 1.74. The molecular weight excluding hydrogens is 228 g/mol. The minimum atomic E-state index is -0.455. The number of carbonyl (C=O) groups excluding carboxylic acids is 1. The molecule has 1 amide bonds. The molecule has 4 nitrogen and oxygen atoms in total. The Labute approximate surface area is 108 Å². The van der Waals surface area contributed by atoms with Gasteiger partial charge in [0.05, 0.1) is 6.54 Å². The Morgan fingerprint density at radius 2 is 2.11 bits per heavy atom. The number of hydrogen-bond donors (Lipinski definition) is 1. The minimum Gasteiger partial charge on any atom is -0.444 e. The molecule has 0 saturated heterocycles. The smallest absolute Gasteiger partial charge is 0.411 e. The van der Waals surface area contributed by atoms with Crippen molar-refractivity contribution in [2.45, 2.75) is 58.7 Å². The molecule has 18 heavy (non-hydrogen) atoms. The standard InChI is InChI=1S/C14H22N2O2/c1-13(2,3)18-12(17)16-9-11-10(6-7-15-11)8-14(16,4)5/h6-7,15H,8-9H2,1-5H3. The van der Waals surface area contributed by atoms with Crippen molar-refractivity contribution in [2.24, 2.45) is 0 Å². The van der Waals surface area contributed by atoms with Crippen LogP contribution in [-0.2, 0) is 17.7 Å². The summed E-state index contributed by atoms with van der Waals surface area (Å²) >= 11 is 0. The largest absolute Gasteiger partial charge is 0.444 e. The molecule has 0 radical (unpaired) electrons. The van der Waals surface area contributed by atoms with Crippen LogP contribution in [0.1, 0.15) is 45.9 Å². The van der Waals surface area contributed by atoms with E-state index in [1.54, 1.807) is 4.90 Å². The normalized spacial score (nSPS) is 18.4. The average Bonchev–Trinajstić information content (AvgIpc) is 2.58. The first kappa shape index (κ1) is 13.0. The van der Waals surface area contributed by atoms with Crippen LogP contribution in [0.3, 0.4) is 0 Å². The maximum atomic E-state index is 12.3. The summed E-state index contributed by atoms with van der Waals surface area (Å²) in [6.45, 7) is 10.4. The number of aromatic amines is 1. The second-order valence-corrected chi connectivity index (χ2v) is 6.54. The molecule has 0 aliphatic carbocycles. The van der Waals surface area contributed by atoms with Crippen LogP contribution >= 0.6 is 0 Å². The second kappa shape index (κ2) is 4.04. The van der Waals surface area contributed by atoms with Crippen molar-refractivity contribution in [3.05, 3.63) is 23.5 Å². The zero-order chi connectivity index (χ0) is 13.6. The van der Waals surface area contributed by atoms with Gasteiger partial charge in [0.25, 0.3) is 0 Å². The summed E-state index contributed by atoms with van der Waals surface area (Å²) < 4.78 is 5.48. The molecule has 100 valence electrons. The lowest BCUT2D eigenvalue weighted by atomic mass is 9.89. The van der Waals surface area contributed by atoms with Crippen LogP contribution in [0, 0.1) is 0 Å². The highest BCUT2D eigenvalue weighted by Crippen LogP contribution is 2.31. The molecule has 0 spiro atoms. The lowest BCUT2D eigenvalue weighted by molar-refractivity contribution is -0.00290. The number of hydrogen-bond acceptors (Lipinski definition) is 2. The van der Waals surface area contributed by atoms with Crippen molar-refractivity contribution in [3.63, 3.8) is 0 Å². The summed E-state index contributed by atoms with van der Waals surface area (Å²) in [5, 5.41) is 0. The Kier molecular flexibility index (Phi) is 2.92. The SMILES string of the molecule is CC(C)(C)OC(=O)N1Cc2[nH]ccc2CC1(C)C. The van der Waals surface area contributed by atoms with Crippen LogP contribution in [-0.4, -0.2) is 27.1 Å². The molecule has 2 heterocycles. The highest BCUT2D eigenvalue weighted by Gasteiger charge is 2.38. The fourth-order valence-electron chi connectivity index (χ4n) is 2.31. The third-order valence-electron chi connectivity index (χ3n) is 3.21. The van der Waals surface area contributed by atoms with E-state index in [0.29, 0.717) is 6.54 Å². The zero-order valence-corrected chi connectivity index (χ0v) is 11.8. The van der Waals surface area contributed by atoms with Gasteiger partial charge >= 0.3 is 6.09 Å². The molecule has 4 heteroatoms. The van der Waals surface area contributed by atoms with Gasteiger partial charge in [-0.15, -0.1) is 0 Å². The molecule has 0 bridgehead atoms. The highest BCUT2D eigenvalue weighted by molar-refractivity contribution is 5.69.